The molecule has 1 aliphatic rings. The molecule has 0 N–H and O–H groups in total. The minimum Gasteiger partial charge on any atom is -0.338 e. The van der Waals surface area contributed by atoms with E-state index < -0.39 is 0 Å². The van der Waals surface area contributed by atoms with Crippen LogP contribution in [0.5, 0.6) is 0 Å². The number of rotatable bonds is 2. The Kier molecular flexibility index (Phi) is 4.27. The standard InChI is InChI=1S/C22H25N3O/c1-15-6-8-20(17(3)11-15)25-14-23-19-12-18(7-9-21(19)25)22(26)24-10-4-5-16(2)13-24/h6-9,11-12,14,16H,4-5,10,13H2,1-3H3. The average molecular weight is 347 g/mol. The molecule has 1 unspecified atom stereocenters. The monoisotopic (exact) mass is 347 g/mol. The maximum Gasteiger partial charge on any atom is 0.253 e. The van der Waals surface area contributed by atoms with Crippen LogP contribution in [0.4, 0.5) is 0 Å². The van der Waals surface area contributed by atoms with Crippen LogP contribution in [-0.2, 0) is 0 Å². The third kappa shape index (κ3) is 3.00. The summed E-state index contributed by atoms with van der Waals surface area (Å²) < 4.78 is 2.10. The molecular formula is C22H25N3O. The summed E-state index contributed by atoms with van der Waals surface area (Å²) in [6, 6.07) is 12.3. The Hall–Kier alpha value is -2.62. The van der Waals surface area contributed by atoms with Gasteiger partial charge in [0, 0.05) is 18.7 Å². The Balaban J connectivity index is 1.68. The summed E-state index contributed by atoms with van der Waals surface area (Å²) in [4.78, 5) is 19.4. The number of benzene rings is 2. The van der Waals surface area contributed by atoms with E-state index in [-0.39, 0.29) is 5.91 Å². The summed E-state index contributed by atoms with van der Waals surface area (Å²) in [5.74, 6) is 0.708. The molecule has 1 amide bonds. The first-order valence-corrected chi connectivity index (χ1v) is 9.37. The smallest absolute Gasteiger partial charge is 0.253 e. The van der Waals surface area contributed by atoms with Gasteiger partial charge in [-0.2, -0.15) is 0 Å². The number of amides is 1. The number of hydrogen-bond acceptors (Lipinski definition) is 2. The summed E-state index contributed by atoms with van der Waals surface area (Å²) >= 11 is 0. The van der Waals surface area contributed by atoms with Gasteiger partial charge in [-0.15, -0.1) is 0 Å². The first-order chi connectivity index (χ1) is 12.5. The largest absolute Gasteiger partial charge is 0.338 e. The zero-order chi connectivity index (χ0) is 18.3. The van der Waals surface area contributed by atoms with Crippen molar-refractivity contribution < 1.29 is 4.79 Å². The molecule has 1 aromatic heterocycles. The predicted octanol–water partition coefficient (Wildman–Crippen LogP) is 4.51. The van der Waals surface area contributed by atoms with Gasteiger partial charge >= 0.3 is 0 Å². The molecule has 26 heavy (non-hydrogen) atoms. The molecule has 3 aromatic rings. The molecule has 1 atom stereocenters. The van der Waals surface area contributed by atoms with Crippen LogP contribution in [0.2, 0.25) is 0 Å². The minimum atomic E-state index is 0.125. The molecule has 0 radical (unpaired) electrons. The molecular weight excluding hydrogens is 322 g/mol. The van der Waals surface area contributed by atoms with Gasteiger partial charge in [0.2, 0.25) is 0 Å². The van der Waals surface area contributed by atoms with Gasteiger partial charge < -0.3 is 4.90 Å². The van der Waals surface area contributed by atoms with Crippen LogP contribution in [0.1, 0.15) is 41.3 Å². The van der Waals surface area contributed by atoms with Crippen molar-refractivity contribution in [1.82, 2.24) is 14.5 Å². The van der Waals surface area contributed by atoms with Crippen LogP contribution in [0, 0.1) is 19.8 Å². The van der Waals surface area contributed by atoms with E-state index >= 15 is 0 Å². The number of nitrogens with zero attached hydrogens (tertiary/aromatic N) is 3. The molecule has 0 aliphatic carbocycles. The number of aromatic nitrogens is 2. The summed E-state index contributed by atoms with van der Waals surface area (Å²) in [7, 11) is 0. The molecule has 2 aromatic carbocycles. The van der Waals surface area contributed by atoms with Crippen LogP contribution in [0.15, 0.2) is 42.7 Å². The second-order valence-corrected chi connectivity index (χ2v) is 7.61. The summed E-state index contributed by atoms with van der Waals surface area (Å²) in [5.41, 5.74) is 6.21. The summed E-state index contributed by atoms with van der Waals surface area (Å²) in [6.07, 6.45) is 4.15. The van der Waals surface area contributed by atoms with Crippen LogP contribution in [0.25, 0.3) is 16.7 Å². The van der Waals surface area contributed by atoms with Crippen molar-refractivity contribution in [3.8, 4) is 5.69 Å². The van der Waals surface area contributed by atoms with Gasteiger partial charge in [0.25, 0.3) is 5.91 Å². The van der Waals surface area contributed by atoms with Crippen molar-refractivity contribution in [3.63, 3.8) is 0 Å². The van der Waals surface area contributed by atoms with Crippen molar-refractivity contribution in [3.05, 3.63) is 59.4 Å². The molecule has 4 heteroatoms. The van der Waals surface area contributed by atoms with Gasteiger partial charge in [0.15, 0.2) is 0 Å². The lowest BCUT2D eigenvalue weighted by Crippen LogP contribution is -2.39. The molecule has 4 rings (SSSR count). The molecule has 1 saturated heterocycles. The molecule has 0 spiro atoms. The first-order valence-electron chi connectivity index (χ1n) is 9.37. The maximum atomic E-state index is 12.8. The van der Waals surface area contributed by atoms with Gasteiger partial charge in [-0.05, 0) is 62.4 Å². The van der Waals surface area contributed by atoms with Gasteiger partial charge in [-0.25, -0.2) is 4.98 Å². The highest BCUT2D eigenvalue weighted by atomic mass is 16.2. The van der Waals surface area contributed by atoms with E-state index in [1.807, 2.05) is 29.4 Å². The number of imidazole rings is 1. The summed E-state index contributed by atoms with van der Waals surface area (Å²) in [5, 5.41) is 0. The number of piperidine rings is 1. The lowest BCUT2D eigenvalue weighted by atomic mass is 9.99. The van der Waals surface area contributed by atoms with Crippen LogP contribution >= 0.6 is 0 Å². The van der Waals surface area contributed by atoms with E-state index in [0.29, 0.717) is 5.92 Å². The van der Waals surface area contributed by atoms with E-state index in [1.54, 1.807) is 0 Å². The van der Waals surface area contributed by atoms with Crippen molar-refractivity contribution in [2.75, 3.05) is 13.1 Å². The summed E-state index contributed by atoms with van der Waals surface area (Å²) in [6.45, 7) is 8.14. The van der Waals surface area contributed by atoms with Gasteiger partial charge in [0.1, 0.15) is 6.33 Å². The van der Waals surface area contributed by atoms with Crippen LogP contribution < -0.4 is 0 Å². The zero-order valence-electron chi connectivity index (χ0n) is 15.7. The fourth-order valence-electron chi connectivity index (χ4n) is 3.97. The highest BCUT2D eigenvalue weighted by Crippen LogP contribution is 2.24. The van der Waals surface area contributed by atoms with Gasteiger partial charge in [-0.1, -0.05) is 24.6 Å². The third-order valence-electron chi connectivity index (χ3n) is 5.35. The first kappa shape index (κ1) is 16.8. The SMILES string of the molecule is Cc1ccc(-n2cnc3cc(C(=O)N4CCCC(C)C4)ccc32)c(C)c1. The Labute approximate surface area is 154 Å². The quantitative estimate of drug-likeness (QED) is 0.684. The van der Waals surface area contributed by atoms with Crippen LogP contribution in [-0.4, -0.2) is 33.4 Å². The second-order valence-electron chi connectivity index (χ2n) is 7.61. The van der Waals surface area contributed by atoms with Crippen molar-refractivity contribution in [2.45, 2.75) is 33.6 Å². The number of carbonyl (C=O) groups excluding carboxylic acids is 1. The van der Waals surface area contributed by atoms with E-state index in [1.165, 1.54) is 17.5 Å². The Morgan fingerprint density at radius 2 is 2.00 bits per heavy atom. The van der Waals surface area contributed by atoms with E-state index in [2.05, 4.69) is 48.5 Å². The lowest BCUT2D eigenvalue weighted by Gasteiger charge is -2.31. The fourth-order valence-corrected chi connectivity index (χ4v) is 3.97. The highest BCUT2D eigenvalue weighted by molar-refractivity contribution is 5.97. The number of hydrogen-bond donors (Lipinski definition) is 0. The number of aryl methyl sites for hydroxylation is 2. The van der Waals surface area contributed by atoms with E-state index in [0.717, 1.165) is 41.8 Å². The van der Waals surface area contributed by atoms with Gasteiger partial charge in [0.05, 0.1) is 16.7 Å². The number of carbonyl (C=O) groups is 1. The predicted molar refractivity (Wildman–Crippen MR) is 105 cm³/mol. The third-order valence-corrected chi connectivity index (χ3v) is 5.35. The van der Waals surface area contributed by atoms with E-state index in [9.17, 15) is 4.79 Å². The van der Waals surface area contributed by atoms with Gasteiger partial charge in [-0.3, -0.25) is 9.36 Å². The number of likely N-dealkylation sites (tertiary alicyclic amines) is 1. The van der Waals surface area contributed by atoms with Crippen molar-refractivity contribution in [2.24, 2.45) is 5.92 Å². The number of fused-ring (bicyclic) bond motifs is 1. The highest BCUT2D eigenvalue weighted by Gasteiger charge is 2.22. The Morgan fingerprint density at radius 1 is 1.15 bits per heavy atom. The molecule has 0 saturated carbocycles. The molecule has 1 fully saturated rings. The average Bonchev–Trinajstić information content (AvgIpc) is 3.04. The zero-order valence-corrected chi connectivity index (χ0v) is 15.7. The molecule has 134 valence electrons. The van der Waals surface area contributed by atoms with Crippen LogP contribution in [0.3, 0.4) is 0 Å². The second kappa shape index (κ2) is 6.60. The van der Waals surface area contributed by atoms with Crippen molar-refractivity contribution >= 4 is 16.9 Å². The Bertz CT molecular complexity index is 973. The lowest BCUT2D eigenvalue weighted by molar-refractivity contribution is 0.0683. The van der Waals surface area contributed by atoms with E-state index in [4.69, 9.17) is 0 Å². The topological polar surface area (TPSA) is 38.1 Å². The minimum absolute atomic E-state index is 0.125. The molecule has 1 aliphatic heterocycles. The normalized spacial score (nSPS) is 17.7. The Morgan fingerprint density at radius 3 is 2.77 bits per heavy atom. The maximum absolute atomic E-state index is 12.8. The fraction of sp³-hybridized carbons (Fsp3) is 0.364. The van der Waals surface area contributed by atoms with Crippen molar-refractivity contribution in [1.29, 1.82) is 0 Å². The molecule has 0 bridgehead atoms. The molecule has 4 nitrogen and oxygen atoms in total. The molecule has 2 heterocycles.